The lowest BCUT2D eigenvalue weighted by Gasteiger charge is -2.24. The van der Waals surface area contributed by atoms with Crippen molar-refractivity contribution in [1.29, 1.82) is 5.26 Å². The van der Waals surface area contributed by atoms with E-state index < -0.39 is 11.9 Å². The molecule has 2 aromatic carbocycles. The first kappa shape index (κ1) is 20.4. The molecule has 0 saturated heterocycles. The molecule has 0 aliphatic carbocycles. The SMILES string of the molecule is CCOC(=O)C1=c2s/c(=C\c3ccccc3)c(=O)n2C(N)=C(C#N)[C@H]1c1ccccc1. The minimum absolute atomic E-state index is 0.0355. The predicted octanol–water partition coefficient (Wildman–Crippen LogP) is 1.90. The molecule has 0 spiro atoms. The van der Waals surface area contributed by atoms with E-state index in [0.29, 0.717) is 9.20 Å². The monoisotopic (exact) mass is 429 g/mol. The van der Waals surface area contributed by atoms with Gasteiger partial charge in [-0.15, -0.1) is 11.3 Å². The van der Waals surface area contributed by atoms with Gasteiger partial charge in [0.15, 0.2) is 0 Å². The maximum Gasteiger partial charge on any atom is 0.338 e. The summed E-state index contributed by atoms with van der Waals surface area (Å²) in [4.78, 5) is 26.3. The van der Waals surface area contributed by atoms with Crippen molar-refractivity contribution >= 4 is 34.8 Å². The number of nitrogens with two attached hydrogens (primary N) is 1. The summed E-state index contributed by atoms with van der Waals surface area (Å²) in [5.74, 6) is -1.25. The summed E-state index contributed by atoms with van der Waals surface area (Å²) in [5.41, 5.74) is 7.91. The number of carbonyl (C=O) groups excluding carboxylic acids is 1. The topological polar surface area (TPSA) is 98.1 Å². The molecule has 1 aliphatic heterocycles. The van der Waals surface area contributed by atoms with Crippen LogP contribution in [-0.4, -0.2) is 17.1 Å². The number of rotatable bonds is 4. The second kappa shape index (κ2) is 8.46. The van der Waals surface area contributed by atoms with Gasteiger partial charge in [-0.2, -0.15) is 5.26 Å². The lowest BCUT2D eigenvalue weighted by atomic mass is 9.84. The van der Waals surface area contributed by atoms with E-state index in [-0.39, 0.29) is 29.1 Å². The van der Waals surface area contributed by atoms with Crippen molar-refractivity contribution < 1.29 is 9.53 Å². The summed E-state index contributed by atoms with van der Waals surface area (Å²) in [5, 5.41) is 9.91. The van der Waals surface area contributed by atoms with Gasteiger partial charge in [-0.25, -0.2) is 4.79 Å². The second-order valence-electron chi connectivity index (χ2n) is 6.86. The summed E-state index contributed by atoms with van der Waals surface area (Å²) >= 11 is 1.17. The van der Waals surface area contributed by atoms with Gasteiger partial charge in [0.1, 0.15) is 10.5 Å². The second-order valence-corrected chi connectivity index (χ2v) is 7.89. The Morgan fingerprint density at radius 2 is 1.84 bits per heavy atom. The Hall–Kier alpha value is -3.89. The zero-order valence-electron chi connectivity index (χ0n) is 16.7. The van der Waals surface area contributed by atoms with Crippen LogP contribution < -0.4 is 20.5 Å². The van der Waals surface area contributed by atoms with Crippen molar-refractivity contribution in [1.82, 2.24) is 4.57 Å². The fourth-order valence-electron chi connectivity index (χ4n) is 3.63. The van der Waals surface area contributed by atoms with Crippen LogP contribution in [0.2, 0.25) is 0 Å². The van der Waals surface area contributed by atoms with Gasteiger partial charge in [0.05, 0.1) is 34.3 Å². The van der Waals surface area contributed by atoms with Crippen molar-refractivity contribution in [2.75, 3.05) is 6.61 Å². The lowest BCUT2D eigenvalue weighted by molar-refractivity contribution is -0.136. The van der Waals surface area contributed by atoms with Gasteiger partial charge >= 0.3 is 5.97 Å². The molecule has 0 unspecified atom stereocenters. The number of allylic oxidation sites excluding steroid dienone is 1. The van der Waals surface area contributed by atoms with Crippen LogP contribution in [0.15, 0.2) is 71.0 Å². The lowest BCUT2D eigenvalue weighted by Crippen LogP contribution is -2.40. The molecule has 0 saturated carbocycles. The molecule has 4 rings (SSSR count). The van der Waals surface area contributed by atoms with Gasteiger partial charge in [-0.3, -0.25) is 9.36 Å². The molecule has 0 fully saturated rings. The molecule has 0 bridgehead atoms. The van der Waals surface area contributed by atoms with E-state index >= 15 is 0 Å². The Morgan fingerprint density at radius 1 is 1.19 bits per heavy atom. The third-order valence-corrected chi connectivity index (χ3v) is 6.10. The van der Waals surface area contributed by atoms with Crippen LogP contribution in [0.4, 0.5) is 0 Å². The largest absolute Gasteiger partial charge is 0.463 e. The van der Waals surface area contributed by atoms with Crippen LogP contribution in [0.5, 0.6) is 0 Å². The van der Waals surface area contributed by atoms with Gasteiger partial charge in [-0.1, -0.05) is 60.7 Å². The minimum atomic E-state index is -0.715. The molecule has 31 heavy (non-hydrogen) atoms. The Bertz CT molecular complexity index is 1390. The molecule has 0 radical (unpaired) electrons. The van der Waals surface area contributed by atoms with Gasteiger partial charge in [0, 0.05) is 0 Å². The molecule has 2 heterocycles. The number of ether oxygens (including phenoxy) is 1. The van der Waals surface area contributed by atoms with Crippen LogP contribution >= 0.6 is 11.3 Å². The number of aromatic nitrogens is 1. The number of esters is 1. The molecule has 7 heteroatoms. The first-order valence-corrected chi connectivity index (χ1v) is 10.5. The van der Waals surface area contributed by atoms with Crippen molar-refractivity contribution in [3.8, 4) is 6.07 Å². The van der Waals surface area contributed by atoms with Gasteiger partial charge in [-0.05, 0) is 24.1 Å². The van der Waals surface area contributed by atoms with Crippen molar-refractivity contribution in [3.05, 3.63) is 96.9 Å². The van der Waals surface area contributed by atoms with Gasteiger partial charge in [0.2, 0.25) is 0 Å². The molecule has 154 valence electrons. The highest BCUT2D eigenvalue weighted by Gasteiger charge is 2.36. The number of nitrogens with zero attached hydrogens (tertiary/aromatic N) is 2. The number of carbonyl (C=O) groups is 1. The highest BCUT2D eigenvalue weighted by atomic mass is 32.1. The Kier molecular flexibility index (Phi) is 5.56. The zero-order valence-corrected chi connectivity index (χ0v) is 17.6. The Balaban J connectivity index is 2.10. The number of nitriles is 1. The summed E-state index contributed by atoms with van der Waals surface area (Å²) in [6.45, 7) is 1.88. The van der Waals surface area contributed by atoms with E-state index in [1.54, 1.807) is 13.0 Å². The molecule has 0 amide bonds. The third-order valence-electron chi connectivity index (χ3n) is 4.99. The predicted molar refractivity (Wildman–Crippen MR) is 120 cm³/mol. The van der Waals surface area contributed by atoms with Crippen LogP contribution in [0.1, 0.15) is 24.0 Å². The summed E-state index contributed by atoms with van der Waals surface area (Å²) in [6, 6.07) is 20.7. The Labute approximate surface area is 182 Å². The number of thiazole rings is 1. The van der Waals surface area contributed by atoms with Crippen LogP contribution in [-0.2, 0) is 9.53 Å². The van der Waals surface area contributed by atoms with Crippen LogP contribution in [0.3, 0.4) is 0 Å². The molecule has 3 aromatic rings. The normalized spacial score (nSPS) is 16.1. The van der Waals surface area contributed by atoms with E-state index in [0.717, 1.165) is 11.1 Å². The van der Waals surface area contributed by atoms with E-state index in [9.17, 15) is 14.9 Å². The quantitative estimate of drug-likeness (QED) is 0.639. The molecular formula is C24H19N3O3S. The molecule has 2 N–H and O–H groups in total. The van der Waals surface area contributed by atoms with Crippen LogP contribution in [0, 0.1) is 11.3 Å². The summed E-state index contributed by atoms with van der Waals surface area (Å²) in [6.07, 6.45) is 1.75. The first-order valence-electron chi connectivity index (χ1n) is 9.71. The van der Waals surface area contributed by atoms with E-state index in [1.165, 1.54) is 15.9 Å². The number of hydrogen-bond acceptors (Lipinski definition) is 6. The third kappa shape index (κ3) is 3.58. The van der Waals surface area contributed by atoms with E-state index in [2.05, 4.69) is 6.07 Å². The molecule has 1 atom stereocenters. The van der Waals surface area contributed by atoms with Crippen LogP contribution in [0.25, 0.3) is 17.5 Å². The zero-order chi connectivity index (χ0) is 22.0. The van der Waals surface area contributed by atoms with Crippen molar-refractivity contribution in [2.24, 2.45) is 5.73 Å². The number of benzene rings is 2. The Morgan fingerprint density at radius 3 is 2.45 bits per heavy atom. The fraction of sp³-hybridized carbons (Fsp3) is 0.125. The average Bonchev–Trinajstić information content (AvgIpc) is 3.11. The average molecular weight is 430 g/mol. The highest BCUT2D eigenvalue weighted by molar-refractivity contribution is 7.07. The number of hydrogen-bond donors (Lipinski definition) is 1. The maximum absolute atomic E-state index is 13.2. The first-order chi connectivity index (χ1) is 15.1. The van der Waals surface area contributed by atoms with E-state index in [1.807, 2.05) is 60.7 Å². The van der Waals surface area contributed by atoms with Gasteiger partial charge in [0.25, 0.3) is 5.56 Å². The van der Waals surface area contributed by atoms with E-state index in [4.69, 9.17) is 10.5 Å². The fourth-order valence-corrected chi connectivity index (χ4v) is 4.80. The molecule has 6 nitrogen and oxygen atoms in total. The van der Waals surface area contributed by atoms with Gasteiger partial charge < -0.3 is 10.5 Å². The number of fused-ring (bicyclic) bond motifs is 1. The van der Waals surface area contributed by atoms with Crippen molar-refractivity contribution in [2.45, 2.75) is 12.8 Å². The highest BCUT2D eigenvalue weighted by Crippen LogP contribution is 2.36. The minimum Gasteiger partial charge on any atom is -0.463 e. The summed E-state index contributed by atoms with van der Waals surface area (Å²) < 4.78 is 7.37. The smallest absolute Gasteiger partial charge is 0.338 e. The standard InChI is InChI=1S/C24H19N3O3S/c1-2-30-24(29)20-19(16-11-7-4-8-12-16)17(14-25)21(26)27-22(28)18(31-23(20)27)13-15-9-5-3-6-10-15/h3-13,19H,2,26H2,1H3/b18-13-/t19-/m1/s1. The molecular weight excluding hydrogens is 410 g/mol. The van der Waals surface area contributed by atoms with Crippen molar-refractivity contribution in [3.63, 3.8) is 0 Å². The summed E-state index contributed by atoms with van der Waals surface area (Å²) in [7, 11) is 0. The maximum atomic E-state index is 13.2. The molecule has 1 aliphatic rings. The molecule has 1 aromatic heterocycles.